The summed E-state index contributed by atoms with van der Waals surface area (Å²) in [7, 11) is 0. The third kappa shape index (κ3) is 4.74. The molecular weight excluding hydrogens is 324 g/mol. The van der Waals surface area contributed by atoms with E-state index in [0.717, 1.165) is 19.3 Å². The molecule has 0 aliphatic rings. The SMILES string of the molecule is [c]1c(Cc2ccccc2)ccc(Cc2ccccc2)c1Cc1ccccc1. The number of hydrogen-bond acceptors (Lipinski definition) is 0. The monoisotopic (exact) mass is 347 g/mol. The van der Waals surface area contributed by atoms with Crippen LogP contribution in [-0.2, 0) is 19.3 Å². The molecule has 0 aromatic heterocycles. The lowest BCUT2D eigenvalue weighted by atomic mass is 9.92. The van der Waals surface area contributed by atoms with Gasteiger partial charge in [-0.25, -0.2) is 0 Å². The average Bonchev–Trinajstić information content (AvgIpc) is 2.72. The minimum absolute atomic E-state index is 0.922. The summed E-state index contributed by atoms with van der Waals surface area (Å²) in [5.74, 6) is 0. The van der Waals surface area contributed by atoms with Crippen molar-refractivity contribution < 1.29 is 0 Å². The molecule has 0 nitrogen and oxygen atoms in total. The number of hydrogen-bond donors (Lipinski definition) is 0. The molecule has 4 aromatic rings. The summed E-state index contributed by atoms with van der Waals surface area (Å²) in [6, 6.07) is 40.3. The molecule has 0 fully saturated rings. The van der Waals surface area contributed by atoms with Crippen LogP contribution in [0.25, 0.3) is 0 Å². The second-order valence-corrected chi connectivity index (χ2v) is 6.97. The Balaban J connectivity index is 1.65. The summed E-state index contributed by atoms with van der Waals surface area (Å²) >= 11 is 0. The standard InChI is InChI=1S/C27H23/c1-4-10-22(11-5-1)18-25-16-17-26(19-23-12-6-2-7-13-23)27(21-25)20-24-14-8-3-9-15-24/h1-17H,18-20H2. The van der Waals surface area contributed by atoms with Crippen LogP contribution in [0.3, 0.4) is 0 Å². The van der Waals surface area contributed by atoms with Crippen molar-refractivity contribution in [2.75, 3.05) is 0 Å². The number of benzene rings is 4. The highest BCUT2D eigenvalue weighted by molar-refractivity contribution is 5.39. The van der Waals surface area contributed by atoms with E-state index in [1.165, 1.54) is 33.4 Å². The molecule has 0 amide bonds. The Morgan fingerprint density at radius 3 is 1.48 bits per heavy atom. The molecule has 0 atom stereocenters. The molecule has 0 heterocycles. The van der Waals surface area contributed by atoms with Gasteiger partial charge < -0.3 is 0 Å². The van der Waals surface area contributed by atoms with Crippen molar-refractivity contribution in [3.05, 3.63) is 143 Å². The van der Waals surface area contributed by atoms with Gasteiger partial charge in [0.25, 0.3) is 0 Å². The van der Waals surface area contributed by atoms with Gasteiger partial charge in [0.15, 0.2) is 0 Å². The van der Waals surface area contributed by atoms with Gasteiger partial charge in [0.2, 0.25) is 0 Å². The lowest BCUT2D eigenvalue weighted by Crippen LogP contribution is -2.00. The summed E-state index contributed by atoms with van der Waals surface area (Å²) in [4.78, 5) is 0. The van der Waals surface area contributed by atoms with Gasteiger partial charge in [-0.2, -0.15) is 0 Å². The molecule has 0 spiro atoms. The van der Waals surface area contributed by atoms with Crippen molar-refractivity contribution in [1.29, 1.82) is 0 Å². The first-order chi connectivity index (χ1) is 13.4. The van der Waals surface area contributed by atoms with E-state index in [1.807, 2.05) is 0 Å². The molecule has 0 unspecified atom stereocenters. The Morgan fingerprint density at radius 2 is 0.926 bits per heavy atom. The summed E-state index contributed by atoms with van der Waals surface area (Å²) in [5, 5.41) is 0. The van der Waals surface area contributed by atoms with Crippen molar-refractivity contribution in [3.8, 4) is 0 Å². The summed E-state index contributed by atoms with van der Waals surface area (Å²) in [6.45, 7) is 0. The van der Waals surface area contributed by atoms with E-state index >= 15 is 0 Å². The van der Waals surface area contributed by atoms with Gasteiger partial charge in [0, 0.05) is 0 Å². The largest absolute Gasteiger partial charge is 0.0622 e. The molecule has 1 radical (unpaired) electrons. The summed E-state index contributed by atoms with van der Waals surface area (Å²) in [6.07, 6.45) is 2.80. The van der Waals surface area contributed by atoms with E-state index in [0.29, 0.717) is 0 Å². The zero-order valence-electron chi connectivity index (χ0n) is 15.4. The molecule has 0 aliphatic carbocycles. The van der Waals surface area contributed by atoms with Crippen molar-refractivity contribution in [3.63, 3.8) is 0 Å². The average molecular weight is 347 g/mol. The van der Waals surface area contributed by atoms with Crippen LogP contribution < -0.4 is 0 Å². The van der Waals surface area contributed by atoms with E-state index in [4.69, 9.17) is 0 Å². The van der Waals surface area contributed by atoms with Crippen molar-refractivity contribution in [1.82, 2.24) is 0 Å². The van der Waals surface area contributed by atoms with E-state index in [1.54, 1.807) is 0 Å². The fourth-order valence-electron chi connectivity index (χ4n) is 3.48. The lowest BCUT2D eigenvalue weighted by Gasteiger charge is -2.13. The van der Waals surface area contributed by atoms with E-state index in [-0.39, 0.29) is 0 Å². The van der Waals surface area contributed by atoms with Gasteiger partial charge in [-0.05, 0) is 58.7 Å². The highest BCUT2D eigenvalue weighted by atomic mass is 14.1. The first-order valence-electron chi connectivity index (χ1n) is 9.51. The fraction of sp³-hybridized carbons (Fsp3) is 0.111. The third-order valence-corrected chi connectivity index (χ3v) is 4.88. The molecule has 27 heavy (non-hydrogen) atoms. The van der Waals surface area contributed by atoms with Crippen LogP contribution in [0.1, 0.15) is 33.4 Å². The molecule has 0 saturated heterocycles. The van der Waals surface area contributed by atoms with Crippen LogP contribution in [0.4, 0.5) is 0 Å². The van der Waals surface area contributed by atoms with Crippen molar-refractivity contribution in [2.24, 2.45) is 0 Å². The third-order valence-electron chi connectivity index (χ3n) is 4.88. The van der Waals surface area contributed by atoms with Crippen LogP contribution in [0.5, 0.6) is 0 Å². The highest BCUT2D eigenvalue weighted by Crippen LogP contribution is 2.21. The van der Waals surface area contributed by atoms with Crippen LogP contribution in [0.2, 0.25) is 0 Å². The maximum Gasteiger partial charge on any atom is -0.00167 e. The first-order valence-corrected chi connectivity index (χ1v) is 9.51. The first kappa shape index (κ1) is 17.3. The summed E-state index contributed by atoms with van der Waals surface area (Å²) < 4.78 is 0. The minimum Gasteiger partial charge on any atom is -0.0622 e. The van der Waals surface area contributed by atoms with Crippen LogP contribution in [0.15, 0.2) is 103 Å². The maximum absolute atomic E-state index is 3.73. The molecule has 4 rings (SSSR count). The topological polar surface area (TPSA) is 0 Å². The van der Waals surface area contributed by atoms with Crippen LogP contribution in [0, 0.1) is 6.07 Å². The fourth-order valence-corrected chi connectivity index (χ4v) is 3.48. The van der Waals surface area contributed by atoms with Gasteiger partial charge in [-0.15, -0.1) is 0 Å². The second-order valence-electron chi connectivity index (χ2n) is 6.97. The van der Waals surface area contributed by atoms with Crippen molar-refractivity contribution >= 4 is 0 Å². The Bertz CT molecular complexity index is 970. The Kier molecular flexibility index (Phi) is 5.45. The van der Waals surface area contributed by atoms with Crippen molar-refractivity contribution in [2.45, 2.75) is 19.3 Å². The molecule has 0 bridgehead atoms. The Labute approximate surface area is 162 Å². The van der Waals surface area contributed by atoms with Crippen LogP contribution in [-0.4, -0.2) is 0 Å². The number of rotatable bonds is 6. The van der Waals surface area contributed by atoms with Gasteiger partial charge >= 0.3 is 0 Å². The molecule has 0 aliphatic heterocycles. The molecular formula is C27H23. The van der Waals surface area contributed by atoms with Gasteiger partial charge in [-0.3, -0.25) is 0 Å². The van der Waals surface area contributed by atoms with Gasteiger partial charge in [0.05, 0.1) is 0 Å². The normalized spacial score (nSPS) is 10.7. The second kappa shape index (κ2) is 8.51. The highest BCUT2D eigenvalue weighted by Gasteiger charge is 2.08. The Hall–Kier alpha value is -3.12. The Morgan fingerprint density at radius 1 is 0.444 bits per heavy atom. The van der Waals surface area contributed by atoms with E-state index < -0.39 is 0 Å². The van der Waals surface area contributed by atoms with E-state index in [2.05, 4.69) is 109 Å². The summed E-state index contributed by atoms with van der Waals surface area (Å²) in [5.41, 5.74) is 7.93. The molecule has 0 N–H and O–H groups in total. The molecule has 4 aromatic carbocycles. The molecule has 0 saturated carbocycles. The smallest absolute Gasteiger partial charge is 0.00167 e. The van der Waals surface area contributed by atoms with E-state index in [9.17, 15) is 0 Å². The van der Waals surface area contributed by atoms with Gasteiger partial charge in [-0.1, -0.05) is 103 Å². The predicted molar refractivity (Wildman–Crippen MR) is 113 cm³/mol. The maximum atomic E-state index is 3.73. The minimum atomic E-state index is 0.922. The molecule has 131 valence electrons. The molecule has 0 heteroatoms. The van der Waals surface area contributed by atoms with Gasteiger partial charge in [0.1, 0.15) is 0 Å². The zero-order valence-corrected chi connectivity index (χ0v) is 15.4. The zero-order chi connectivity index (χ0) is 18.3. The lowest BCUT2D eigenvalue weighted by molar-refractivity contribution is 1.06. The quantitative estimate of drug-likeness (QED) is 0.386. The van der Waals surface area contributed by atoms with Crippen LogP contribution >= 0.6 is 0 Å². The predicted octanol–water partition coefficient (Wildman–Crippen LogP) is 6.26.